The number of hydrogen-bond acceptors (Lipinski definition) is 7. The fourth-order valence-electron chi connectivity index (χ4n) is 4.88. The molecule has 0 unspecified atom stereocenters. The Bertz CT molecular complexity index is 1290. The Morgan fingerprint density at radius 3 is 2.69 bits per heavy atom. The van der Waals surface area contributed by atoms with E-state index in [1.54, 1.807) is 0 Å². The molecule has 1 N–H and O–H groups in total. The quantitative estimate of drug-likeness (QED) is 0.408. The summed E-state index contributed by atoms with van der Waals surface area (Å²) in [4.78, 5) is 11.3. The van der Waals surface area contributed by atoms with Crippen molar-refractivity contribution in [1.29, 1.82) is 0 Å². The van der Waals surface area contributed by atoms with Crippen LogP contribution in [0.1, 0.15) is 44.3 Å². The van der Waals surface area contributed by atoms with Crippen molar-refractivity contribution in [3.05, 3.63) is 48.7 Å². The molecule has 184 valence electrons. The number of aromatic nitrogens is 6. The Morgan fingerprint density at radius 2 is 1.97 bits per heavy atom. The first kappa shape index (κ1) is 23.3. The van der Waals surface area contributed by atoms with Crippen LogP contribution in [-0.2, 0) is 13.6 Å². The van der Waals surface area contributed by atoms with E-state index in [1.165, 1.54) is 0 Å². The lowest BCUT2D eigenvalue weighted by Gasteiger charge is -2.30. The van der Waals surface area contributed by atoms with E-state index in [1.807, 2.05) is 48.6 Å². The predicted octanol–water partition coefficient (Wildman–Crippen LogP) is 4.28. The molecule has 0 radical (unpaired) electrons. The summed E-state index contributed by atoms with van der Waals surface area (Å²) >= 11 is 0. The number of pyridine rings is 2. The van der Waals surface area contributed by atoms with Crippen LogP contribution in [-0.4, -0.2) is 61.2 Å². The van der Waals surface area contributed by atoms with Gasteiger partial charge in [-0.25, -0.2) is 4.98 Å². The zero-order valence-electron chi connectivity index (χ0n) is 21.0. The first-order valence-corrected chi connectivity index (χ1v) is 12.4. The van der Waals surface area contributed by atoms with Gasteiger partial charge in [0.1, 0.15) is 17.3 Å². The molecular formula is C26H34N8O. The van der Waals surface area contributed by atoms with E-state index in [4.69, 9.17) is 9.84 Å². The van der Waals surface area contributed by atoms with Crippen LogP contribution in [0.2, 0.25) is 0 Å². The van der Waals surface area contributed by atoms with Crippen molar-refractivity contribution in [2.24, 2.45) is 7.05 Å². The van der Waals surface area contributed by atoms with Gasteiger partial charge in [0.2, 0.25) is 0 Å². The van der Waals surface area contributed by atoms with Crippen molar-refractivity contribution < 1.29 is 4.74 Å². The number of nitrogens with zero attached hydrogens (tertiary/aromatic N) is 7. The SMILES string of the molecule is CCNc1cc2c(cn1)c(-c1cnn(C)c1)nn2[C@H]1CC[C@@H](Oc2cccnc2CN(C)C)CC1. The molecule has 35 heavy (non-hydrogen) atoms. The summed E-state index contributed by atoms with van der Waals surface area (Å²) < 4.78 is 10.5. The molecule has 1 aliphatic carbocycles. The van der Waals surface area contributed by atoms with Gasteiger partial charge in [-0.15, -0.1) is 0 Å². The molecule has 1 aliphatic rings. The minimum absolute atomic E-state index is 0.190. The van der Waals surface area contributed by atoms with Gasteiger partial charge in [0.05, 0.1) is 29.6 Å². The molecule has 0 saturated heterocycles. The summed E-state index contributed by atoms with van der Waals surface area (Å²) in [5, 5.41) is 13.8. The van der Waals surface area contributed by atoms with Gasteiger partial charge in [-0.3, -0.25) is 14.3 Å². The van der Waals surface area contributed by atoms with Crippen molar-refractivity contribution in [3.8, 4) is 17.0 Å². The van der Waals surface area contributed by atoms with Crippen molar-refractivity contribution in [1.82, 2.24) is 34.4 Å². The molecule has 0 bridgehead atoms. The Balaban J connectivity index is 1.37. The minimum Gasteiger partial charge on any atom is -0.488 e. The maximum Gasteiger partial charge on any atom is 0.142 e. The fourth-order valence-corrected chi connectivity index (χ4v) is 4.88. The van der Waals surface area contributed by atoms with Gasteiger partial charge in [-0.1, -0.05) is 0 Å². The van der Waals surface area contributed by atoms with Crippen LogP contribution in [0.5, 0.6) is 5.75 Å². The van der Waals surface area contributed by atoms with Crippen LogP contribution in [0.25, 0.3) is 22.2 Å². The highest BCUT2D eigenvalue weighted by molar-refractivity contribution is 5.93. The summed E-state index contributed by atoms with van der Waals surface area (Å²) in [7, 11) is 6.03. The predicted molar refractivity (Wildman–Crippen MR) is 137 cm³/mol. The van der Waals surface area contributed by atoms with Gasteiger partial charge in [0, 0.05) is 55.7 Å². The average molecular weight is 475 g/mol. The number of fused-ring (bicyclic) bond motifs is 1. The van der Waals surface area contributed by atoms with Gasteiger partial charge in [-0.2, -0.15) is 10.2 Å². The van der Waals surface area contributed by atoms with Gasteiger partial charge in [0.25, 0.3) is 0 Å². The summed E-state index contributed by atoms with van der Waals surface area (Å²) in [6.07, 6.45) is 11.8. The number of anilines is 1. The summed E-state index contributed by atoms with van der Waals surface area (Å²) in [6.45, 7) is 3.68. The van der Waals surface area contributed by atoms with Crippen LogP contribution in [0.15, 0.2) is 43.0 Å². The number of rotatable bonds is 8. The molecule has 4 aromatic heterocycles. The molecular weight excluding hydrogens is 440 g/mol. The van der Waals surface area contributed by atoms with Crippen LogP contribution >= 0.6 is 0 Å². The monoisotopic (exact) mass is 474 g/mol. The summed E-state index contributed by atoms with van der Waals surface area (Å²) in [5.41, 5.74) is 4.05. The van der Waals surface area contributed by atoms with Gasteiger partial charge in [0.15, 0.2) is 0 Å². The van der Waals surface area contributed by atoms with Crippen molar-refractivity contribution in [2.75, 3.05) is 26.0 Å². The van der Waals surface area contributed by atoms with Crippen LogP contribution in [0.4, 0.5) is 5.82 Å². The first-order chi connectivity index (χ1) is 17.0. The van der Waals surface area contributed by atoms with E-state index in [-0.39, 0.29) is 6.10 Å². The Kier molecular flexibility index (Phi) is 6.68. The highest BCUT2D eigenvalue weighted by Crippen LogP contribution is 2.36. The topological polar surface area (TPSA) is 85.9 Å². The molecule has 0 atom stereocenters. The zero-order valence-corrected chi connectivity index (χ0v) is 21.0. The Labute approximate surface area is 206 Å². The molecule has 9 heteroatoms. The summed E-state index contributed by atoms with van der Waals surface area (Å²) in [6, 6.07) is 6.42. The van der Waals surface area contributed by atoms with Crippen LogP contribution < -0.4 is 10.1 Å². The standard InChI is InChI=1S/C26H34N8O/c1-5-27-25-13-23-21(15-29-25)26(18-14-30-33(4)16-18)31-34(23)19-8-10-20(11-9-19)35-24-7-6-12-28-22(24)17-32(2)3/h6-7,12-16,19-20H,5,8-11,17H2,1-4H3,(H,27,29)/t19-,20+. The maximum atomic E-state index is 6.44. The van der Waals surface area contributed by atoms with E-state index in [0.29, 0.717) is 6.04 Å². The van der Waals surface area contributed by atoms with Crippen molar-refractivity contribution in [3.63, 3.8) is 0 Å². The van der Waals surface area contributed by atoms with E-state index in [2.05, 4.69) is 57.1 Å². The first-order valence-electron chi connectivity index (χ1n) is 12.4. The molecule has 4 heterocycles. The molecule has 0 aromatic carbocycles. The van der Waals surface area contributed by atoms with Crippen molar-refractivity contribution >= 4 is 16.7 Å². The lowest BCUT2D eigenvalue weighted by atomic mass is 9.93. The third-order valence-corrected chi connectivity index (χ3v) is 6.53. The second-order valence-corrected chi connectivity index (χ2v) is 9.55. The van der Waals surface area contributed by atoms with E-state index in [9.17, 15) is 0 Å². The van der Waals surface area contributed by atoms with Gasteiger partial charge in [-0.05, 0) is 58.8 Å². The molecule has 0 aliphatic heterocycles. The third kappa shape index (κ3) is 5.00. The lowest BCUT2D eigenvalue weighted by molar-refractivity contribution is 0.128. The Hall–Kier alpha value is -3.46. The normalized spacial score (nSPS) is 18.3. The maximum absolute atomic E-state index is 6.44. The number of nitrogens with one attached hydrogen (secondary N) is 1. The van der Waals surface area contributed by atoms with Gasteiger partial charge < -0.3 is 15.0 Å². The third-order valence-electron chi connectivity index (χ3n) is 6.53. The molecule has 5 rings (SSSR count). The zero-order chi connectivity index (χ0) is 24.4. The molecule has 0 spiro atoms. The number of ether oxygens (including phenoxy) is 1. The molecule has 9 nitrogen and oxygen atoms in total. The highest BCUT2D eigenvalue weighted by atomic mass is 16.5. The largest absolute Gasteiger partial charge is 0.488 e. The number of aryl methyl sites for hydroxylation is 1. The molecule has 1 saturated carbocycles. The molecule has 0 amide bonds. The van der Waals surface area contributed by atoms with Crippen LogP contribution in [0.3, 0.4) is 0 Å². The number of hydrogen-bond donors (Lipinski definition) is 1. The second kappa shape index (κ2) is 10.0. The molecule has 4 aromatic rings. The lowest BCUT2D eigenvalue weighted by Crippen LogP contribution is -2.27. The van der Waals surface area contributed by atoms with E-state index in [0.717, 1.165) is 78.2 Å². The Morgan fingerprint density at radius 1 is 1.14 bits per heavy atom. The smallest absolute Gasteiger partial charge is 0.142 e. The van der Waals surface area contributed by atoms with Gasteiger partial charge >= 0.3 is 0 Å². The van der Waals surface area contributed by atoms with E-state index >= 15 is 0 Å². The highest BCUT2D eigenvalue weighted by Gasteiger charge is 2.27. The van der Waals surface area contributed by atoms with Crippen molar-refractivity contribution in [2.45, 2.75) is 51.3 Å². The summed E-state index contributed by atoms with van der Waals surface area (Å²) in [5.74, 6) is 1.77. The molecule has 1 fully saturated rings. The average Bonchev–Trinajstić information content (AvgIpc) is 3.44. The fraction of sp³-hybridized carbons (Fsp3) is 0.462. The van der Waals surface area contributed by atoms with E-state index < -0.39 is 0 Å². The minimum atomic E-state index is 0.190. The second-order valence-electron chi connectivity index (χ2n) is 9.55. The van der Waals surface area contributed by atoms with Crippen LogP contribution in [0, 0.1) is 0 Å².